The molecule has 6 heteroatoms. The molecular formula is C24H27N3O3. The van der Waals surface area contributed by atoms with Crippen molar-refractivity contribution in [2.45, 2.75) is 36.9 Å². The highest BCUT2D eigenvalue weighted by atomic mass is 16.5. The van der Waals surface area contributed by atoms with E-state index < -0.39 is 0 Å². The molecule has 3 aliphatic rings. The Labute approximate surface area is 176 Å². The van der Waals surface area contributed by atoms with Crippen LogP contribution in [0.2, 0.25) is 0 Å². The molecule has 3 aliphatic heterocycles. The molecule has 156 valence electrons. The van der Waals surface area contributed by atoms with Crippen molar-refractivity contribution in [2.75, 3.05) is 32.1 Å². The zero-order valence-electron chi connectivity index (χ0n) is 17.3. The van der Waals surface area contributed by atoms with E-state index in [1.807, 2.05) is 12.3 Å². The lowest BCUT2D eigenvalue weighted by atomic mass is 9.79. The van der Waals surface area contributed by atoms with E-state index in [0.29, 0.717) is 6.61 Å². The Hall–Kier alpha value is -2.70. The van der Waals surface area contributed by atoms with Crippen molar-refractivity contribution in [3.63, 3.8) is 0 Å². The summed E-state index contributed by atoms with van der Waals surface area (Å²) in [5.74, 6) is 0.869. The Morgan fingerprint density at radius 2 is 2.07 bits per heavy atom. The van der Waals surface area contributed by atoms with Gasteiger partial charge in [-0.15, -0.1) is 0 Å². The Kier molecular flexibility index (Phi) is 4.01. The number of hydrogen-bond donors (Lipinski definition) is 1. The van der Waals surface area contributed by atoms with Crippen LogP contribution in [-0.2, 0) is 16.8 Å². The van der Waals surface area contributed by atoms with Gasteiger partial charge in [-0.25, -0.2) is 0 Å². The minimum Gasteiger partial charge on any atom is -0.497 e. The first kappa shape index (κ1) is 18.1. The lowest BCUT2D eigenvalue weighted by molar-refractivity contribution is -0.0452. The van der Waals surface area contributed by atoms with E-state index in [1.165, 1.54) is 11.3 Å². The summed E-state index contributed by atoms with van der Waals surface area (Å²) in [4.78, 5) is 2.50. The van der Waals surface area contributed by atoms with Crippen molar-refractivity contribution in [2.24, 2.45) is 0 Å². The molecule has 30 heavy (non-hydrogen) atoms. The van der Waals surface area contributed by atoms with Crippen LogP contribution in [0.1, 0.15) is 30.5 Å². The van der Waals surface area contributed by atoms with Crippen LogP contribution >= 0.6 is 0 Å². The zero-order valence-corrected chi connectivity index (χ0v) is 17.3. The Balaban J connectivity index is 1.25. The van der Waals surface area contributed by atoms with E-state index in [0.717, 1.165) is 56.0 Å². The summed E-state index contributed by atoms with van der Waals surface area (Å²) < 4.78 is 19.6. The molecule has 2 aromatic heterocycles. The van der Waals surface area contributed by atoms with Gasteiger partial charge in [0.1, 0.15) is 11.3 Å². The third-order valence-corrected chi connectivity index (χ3v) is 7.08. The fourth-order valence-electron chi connectivity index (χ4n) is 5.51. The van der Waals surface area contributed by atoms with E-state index >= 15 is 0 Å². The van der Waals surface area contributed by atoms with Gasteiger partial charge in [-0.2, -0.15) is 0 Å². The second-order valence-corrected chi connectivity index (χ2v) is 8.91. The van der Waals surface area contributed by atoms with Crippen molar-refractivity contribution in [3.8, 4) is 11.4 Å². The predicted octanol–water partition coefficient (Wildman–Crippen LogP) is 4.15. The molecule has 0 radical (unpaired) electrons. The van der Waals surface area contributed by atoms with Crippen molar-refractivity contribution in [3.05, 3.63) is 66.4 Å². The molecule has 3 aromatic rings. The first-order valence-corrected chi connectivity index (χ1v) is 10.7. The number of likely N-dealkylation sites (tertiary alicyclic amines) is 1. The number of benzene rings is 1. The van der Waals surface area contributed by atoms with Crippen LogP contribution in [0.5, 0.6) is 5.75 Å². The molecule has 6 rings (SSSR count). The minimum absolute atomic E-state index is 0.0641. The molecule has 5 heterocycles. The Morgan fingerprint density at radius 1 is 1.17 bits per heavy atom. The average Bonchev–Trinajstić information content (AvgIpc) is 3.52. The SMILES string of the molecule is COc1ccc2c(c1)NC1(COC3(CCN(Cc4ccoc4)CC3)C1)c1cccn1-2. The van der Waals surface area contributed by atoms with E-state index in [-0.39, 0.29) is 11.1 Å². The Bertz CT molecular complexity index is 1050. The number of piperidine rings is 1. The molecule has 1 N–H and O–H groups in total. The molecule has 1 unspecified atom stereocenters. The monoisotopic (exact) mass is 405 g/mol. The quantitative estimate of drug-likeness (QED) is 0.709. The van der Waals surface area contributed by atoms with Gasteiger partial charge in [0, 0.05) is 43.9 Å². The molecule has 2 spiro atoms. The molecule has 1 atom stereocenters. The fraction of sp³-hybridized carbons (Fsp3) is 0.417. The standard InChI is InChI=1S/C24H27N3O3/c1-28-19-4-5-21-20(13-19)25-24(22-3-2-9-27(21)22)16-23(30-17-24)7-10-26(11-8-23)14-18-6-12-29-15-18/h2-6,9,12-13,15,25H,7-8,10-11,14,16-17H2,1H3. The van der Waals surface area contributed by atoms with Gasteiger partial charge >= 0.3 is 0 Å². The number of anilines is 1. The molecular weight excluding hydrogens is 378 g/mol. The lowest BCUT2D eigenvalue weighted by Crippen LogP contribution is -2.46. The van der Waals surface area contributed by atoms with Crippen LogP contribution < -0.4 is 10.1 Å². The van der Waals surface area contributed by atoms with Gasteiger partial charge in [-0.05, 0) is 43.2 Å². The van der Waals surface area contributed by atoms with Crippen LogP contribution in [0.4, 0.5) is 5.69 Å². The van der Waals surface area contributed by atoms with Crippen LogP contribution in [0, 0.1) is 0 Å². The minimum atomic E-state index is -0.199. The summed E-state index contributed by atoms with van der Waals surface area (Å²) in [5, 5.41) is 3.86. The van der Waals surface area contributed by atoms with Crippen LogP contribution in [0.25, 0.3) is 5.69 Å². The lowest BCUT2D eigenvalue weighted by Gasteiger charge is -2.41. The molecule has 1 aromatic carbocycles. The van der Waals surface area contributed by atoms with Gasteiger partial charge < -0.3 is 23.8 Å². The maximum atomic E-state index is 6.60. The van der Waals surface area contributed by atoms with Crippen LogP contribution in [0.15, 0.2) is 59.5 Å². The molecule has 2 saturated heterocycles. The average molecular weight is 405 g/mol. The van der Waals surface area contributed by atoms with Crippen molar-refractivity contribution in [1.29, 1.82) is 0 Å². The molecule has 0 bridgehead atoms. The largest absolute Gasteiger partial charge is 0.497 e. The zero-order chi connectivity index (χ0) is 20.2. The highest BCUT2D eigenvalue weighted by Crippen LogP contribution is 2.50. The van der Waals surface area contributed by atoms with E-state index in [1.54, 1.807) is 13.4 Å². The van der Waals surface area contributed by atoms with Gasteiger partial charge in [0.15, 0.2) is 0 Å². The van der Waals surface area contributed by atoms with Gasteiger partial charge in [0.05, 0.1) is 48.9 Å². The number of methoxy groups -OCH3 is 1. The van der Waals surface area contributed by atoms with E-state index in [2.05, 4.69) is 51.3 Å². The van der Waals surface area contributed by atoms with E-state index in [4.69, 9.17) is 13.9 Å². The summed E-state index contributed by atoms with van der Waals surface area (Å²) in [6.45, 7) is 3.74. The second kappa shape index (κ2) is 6.65. The third kappa shape index (κ3) is 2.78. The summed E-state index contributed by atoms with van der Waals surface area (Å²) in [6, 6.07) is 12.7. The molecule has 0 amide bonds. The summed E-state index contributed by atoms with van der Waals surface area (Å²) >= 11 is 0. The predicted molar refractivity (Wildman–Crippen MR) is 114 cm³/mol. The number of rotatable bonds is 3. The van der Waals surface area contributed by atoms with Crippen molar-refractivity contribution >= 4 is 5.69 Å². The van der Waals surface area contributed by atoms with Gasteiger partial charge in [-0.3, -0.25) is 4.90 Å². The number of nitrogens with one attached hydrogen (secondary N) is 1. The Morgan fingerprint density at radius 3 is 2.87 bits per heavy atom. The first-order valence-electron chi connectivity index (χ1n) is 10.7. The number of ether oxygens (including phenoxy) is 2. The smallest absolute Gasteiger partial charge is 0.121 e. The van der Waals surface area contributed by atoms with Gasteiger partial charge in [0.25, 0.3) is 0 Å². The summed E-state index contributed by atoms with van der Waals surface area (Å²) in [6.07, 6.45) is 8.85. The van der Waals surface area contributed by atoms with Gasteiger partial charge in [-0.1, -0.05) is 0 Å². The summed E-state index contributed by atoms with van der Waals surface area (Å²) in [5.41, 5.74) is 4.54. The maximum absolute atomic E-state index is 6.60. The summed E-state index contributed by atoms with van der Waals surface area (Å²) in [7, 11) is 1.71. The molecule has 6 nitrogen and oxygen atoms in total. The van der Waals surface area contributed by atoms with Crippen LogP contribution in [-0.4, -0.2) is 41.9 Å². The van der Waals surface area contributed by atoms with Crippen molar-refractivity contribution in [1.82, 2.24) is 9.47 Å². The van der Waals surface area contributed by atoms with E-state index in [9.17, 15) is 0 Å². The second-order valence-electron chi connectivity index (χ2n) is 8.91. The topological polar surface area (TPSA) is 51.8 Å². The molecule has 2 fully saturated rings. The van der Waals surface area contributed by atoms with Crippen molar-refractivity contribution < 1.29 is 13.9 Å². The maximum Gasteiger partial charge on any atom is 0.121 e. The first-order chi connectivity index (χ1) is 14.7. The highest BCUT2D eigenvalue weighted by molar-refractivity contribution is 5.69. The number of fused-ring (bicyclic) bond motifs is 4. The fourth-order valence-corrected chi connectivity index (χ4v) is 5.51. The number of furan rings is 1. The number of nitrogens with zero attached hydrogens (tertiary/aromatic N) is 2. The van der Waals surface area contributed by atoms with Gasteiger partial charge in [0.2, 0.25) is 0 Å². The number of aromatic nitrogens is 1. The third-order valence-electron chi connectivity index (χ3n) is 7.08. The molecule has 0 aliphatic carbocycles. The molecule has 0 saturated carbocycles. The number of hydrogen-bond acceptors (Lipinski definition) is 5. The normalized spacial score (nSPS) is 24.6. The van der Waals surface area contributed by atoms with Crippen LogP contribution in [0.3, 0.4) is 0 Å². The highest BCUT2D eigenvalue weighted by Gasteiger charge is 2.53.